The lowest BCUT2D eigenvalue weighted by Gasteiger charge is -2.18. The first-order valence-corrected chi connectivity index (χ1v) is 9.98. The van der Waals surface area contributed by atoms with E-state index in [1.54, 1.807) is 28.4 Å². The second-order valence-corrected chi connectivity index (χ2v) is 7.21. The molecule has 0 aliphatic carbocycles. The van der Waals surface area contributed by atoms with Crippen molar-refractivity contribution in [3.8, 4) is 0 Å². The molecular formula is C19H18N2OS2. The third-order valence-electron chi connectivity index (χ3n) is 3.72. The SMILES string of the molecule is CSC(SC)=C1N=C(c2ccccc2)N(c2ccc(C)cc2)C1=O. The van der Waals surface area contributed by atoms with Crippen LogP contribution in [0.5, 0.6) is 0 Å². The van der Waals surface area contributed by atoms with E-state index >= 15 is 0 Å². The number of carbonyl (C=O) groups is 1. The van der Waals surface area contributed by atoms with Crippen LogP contribution >= 0.6 is 23.5 Å². The fourth-order valence-corrected chi connectivity index (χ4v) is 3.85. The number of nitrogens with zero attached hydrogens (tertiary/aromatic N) is 2. The Morgan fingerprint density at radius 2 is 1.58 bits per heavy atom. The molecule has 0 unspecified atom stereocenters. The van der Waals surface area contributed by atoms with Crippen LogP contribution in [0.2, 0.25) is 0 Å². The molecule has 0 bridgehead atoms. The maximum absolute atomic E-state index is 13.1. The van der Waals surface area contributed by atoms with Crippen molar-refractivity contribution in [1.82, 2.24) is 0 Å². The Morgan fingerprint density at radius 1 is 0.958 bits per heavy atom. The predicted molar refractivity (Wildman–Crippen MR) is 106 cm³/mol. The van der Waals surface area contributed by atoms with Gasteiger partial charge in [-0.15, -0.1) is 23.5 Å². The van der Waals surface area contributed by atoms with E-state index in [1.165, 1.54) is 0 Å². The minimum absolute atomic E-state index is 0.0728. The summed E-state index contributed by atoms with van der Waals surface area (Å²) in [5.74, 6) is 0.608. The number of carbonyl (C=O) groups excluding carboxylic acids is 1. The highest BCUT2D eigenvalue weighted by atomic mass is 32.2. The lowest BCUT2D eigenvalue weighted by molar-refractivity contribution is -0.113. The van der Waals surface area contributed by atoms with Crippen LogP contribution in [0.15, 0.2) is 69.5 Å². The molecule has 0 saturated carbocycles. The van der Waals surface area contributed by atoms with Gasteiger partial charge in [-0.2, -0.15) is 0 Å². The standard InChI is InChI=1S/C19H18N2OS2/c1-13-9-11-15(12-10-13)21-17(14-7-5-4-6-8-14)20-16(18(21)22)19(23-2)24-3/h4-12H,1-3H3. The Balaban J connectivity index is 2.15. The molecule has 0 aromatic heterocycles. The van der Waals surface area contributed by atoms with Crippen molar-refractivity contribution < 1.29 is 4.79 Å². The Hall–Kier alpha value is -1.98. The van der Waals surface area contributed by atoms with Crippen LogP contribution in [0.3, 0.4) is 0 Å². The molecule has 3 rings (SSSR count). The molecule has 1 heterocycles. The molecule has 5 heteroatoms. The maximum atomic E-state index is 13.1. The smallest absolute Gasteiger partial charge is 0.266 e. The van der Waals surface area contributed by atoms with Crippen LogP contribution in [0.25, 0.3) is 0 Å². The average Bonchev–Trinajstić information content (AvgIpc) is 2.95. The van der Waals surface area contributed by atoms with Crippen LogP contribution in [0.4, 0.5) is 5.69 Å². The van der Waals surface area contributed by atoms with Crippen LogP contribution in [-0.4, -0.2) is 24.3 Å². The number of amidine groups is 1. The van der Waals surface area contributed by atoms with Crippen LogP contribution < -0.4 is 4.90 Å². The zero-order valence-corrected chi connectivity index (χ0v) is 15.4. The minimum atomic E-state index is -0.0728. The van der Waals surface area contributed by atoms with Gasteiger partial charge in [-0.05, 0) is 31.6 Å². The van der Waals surface area contributed by atoms with Gasteiger partial charge in [-0.3, -0.25) is 9.69 Å². The monoisotopic (exact) mass is 354 g/mol. The predicted octanol–water partition coefficient (Wildman–Crippen LogP) is 4.68. The van der Waals surface area contributed by atoms with Crippen molar-refractivity contribution >= 4 is 41.0 Å². The Morgan fingerprint density at radius 3 is 2.17 bits per heavy atom. The van der Waals surface area contributed by atoms with Gasteiger partial charge in [0, 0.05) is 5.56 Å². The van der Waals surface area contributed by atoms with Gasteiger partial charge < -0.3 is 0 Å². The van der Waals surface area contributed by atoms with Gasteiger partial charge in [0.15, 0.2) is 5.70 Å². The van der Waals surface area contributed by atoms with E-state index in [0.29, 0.717) is 11.5 Å². The van der Waals surface area contributed by atoms with E-state index in [1.807, 2.05) is 74.0 Å². The fraction of sp³-hybridized carbons (Fsp3) is 0.158. The first-order chi connectivity index (χ1) is 11.7. The largest absolute Gasteiger partial charge is 0.284 e. The van der Waals surface area contributed by atoms with Gasteiger partial charge in [0.05, 0.1) is 9.92 Å². The number of hydrogen-bond acceptors (Lipinski definition) is 4. The summed E-state index contributed by atoms with van der Waals surface area (Å²) < 4.78 is 0.933. The summed E-state index contributed by atoms with van der Waals surface area (Å²) in [5, 5.41) is 0. The molecule has 2 aromatic rings. The van der Waals surface area contributed by atoms with Crippen molar-refractivity contribution in [3.63, 3.8) is 0 Å². The highest BCUT2D eigenvalue weighted by Gasteiger charge is 2.34. The van der Waals surface area contributed by atoms with E-state index < -0.39 is 0 Å². The summed E-state index contributed by atoms with van der Waals surface area (Å²) in [5.41, 5.74) is 3.45. The van der Waals surface area contributed by atoms with Crippen LogP contribution in [-0.2, 0) is 4.79 Å². The quantitative estimate of drug-likeness (QED) is 0.747. The number of aliphatic imine (C=N–C) groups is 1. The number of amides is 1. The van der Waals surface area contributed by atoms with Gasteiger partial charge in [0.2, 0.25) is 0 Å². The van der Waals surface area contributed by atoms with Crippen molar-refractivity contribution in [3.05, 3.63) is 75.7 Å². The molecular weight excluding hydrogens is 336 g/mol. The first-order valence-electron chi connectivity index (χ1n) is 7.53. The molecule has 0 radical (unpaired) electrons. The van der Waals surface area contributed by atoms with E-state index in [-0.39, 0.29) is 5.91 Å². The van der Waals surface area contributed by atoms with E-state index in [9.17, 15) is 4.79 Å². The van der Waals surface area contributed by atoms with Gasteiger partial charge in [0.1, 0.15) is 5.84 Å². The maximum Gasteiger partial charge on any atom is 0.284 e. The van der Waals surface area contributed by atoms with Crippen molar-refractivity contribution in [1.29, 1.82) is 0 Å². The van der Waals surface area contributed by atoms with Crippen molar-refractivity contribution in [2.24, 2.45) is 4.99 Å². The van der Waals surface area contributed by atoms with Crippen LogP contribution in [0, 0.1) is 6.92 Å². The van der Waals surface area contributed by atoms with Gasteiger partial charge in [-0.1, -0.05) is 48.0 Å². The van der Waals surface area contributed by atoms with Crippen molar-refractivity contribution in [2.75, 3.05) is 17.4 Å². The number of hydrogen-bond donors (Lipinski definition) is 0. The molecule has 0 saturated heterocycles. The number of thioether (sulfide) groups is 2. The third-order valence-corrected chi connectivity index (χ3v) is 5.85. The molecule has 0 fully saturated rings. The fourth-order valence-electron chi connectivity index (χ4n) is 2.53. The number of benzene rings is 2. The highest BCUT2D eigenvalue weighted by molar-refractivity contribution is 8.21. The van der Waals surface area contributed by atoms with E-state index in [4.69, 9.17) is 4.99 Å². The molecule has 24 heavy (non-hydrogen) atoms. The van der Waals surface area contributed by atoms with E-state index in [2.05, 4.69) is 0 Å². The summed E-state index contributed by atoms with van der Waals surface area (Å²) in [6.45, 7) is 2.03. The second-order valence-electron chi connectivity index (χ2n) is 5.32. The summed E-state index contributed by atoms with van der Waals surface area (Å²) in [6.07, 6.45) is 3.94. The summed E-state index contributed by atoms with van der Waals surface area (Å²) in [6, 6.07) is 17.8. The Kier molecular flexibility index (Phi) is 5.11. The Bertz CT molecular complexity index is 805. The minimum Gasteiger partial charge on any atom is -0.266 e. The van der Waals surface area contributed by atoms with E-state index in [0.717, 1.165) is 21.1 Å². The summed E-state index contributed by atoms with van der Waals surface area (Å²) in [7, 11) is 0. The zero-order valence-electron chi connectivity index (χ0n) is 13.8. The average molecular weight is 355 g/mol. The number of rotatable bonds is 4. The second kappa shape index (κ2) is 7.28. The third kappa shape index (κ3) is 3.14. The number of aryl methyl sites for hydroxylation is 1. The Labute approximate surface area is 150 Å². The molecule has 1 amide bonds. The molecule has 122 valence electrons. The molecule has 1 aliphatic heterocycles. The number of anilines is 1. The van der Waals surface area contributed by atoms with Crippen molar-refractivity contribution in [2.45, 2.75) is 6.92 Å². The zero-order chi connectivity index (χ0) is 17.1. The molecule has 0 spiro atoms. The molecule has 3 nitrogen and oxygen atoms in total. The normalized spacial score (nSPS) is 14.1. The van der Waals surface area contributed by atoms with Gasteiger partial charge >= 0.3 is 0 Å². The summed E-state index contributed by atoms with van der Waals surface area (Å²) >= 11 is 3.11. The molecule has 1 aliphatic rings. The van der Waals surface area contributed by atoms with Gasteiger partial charge in [-0.25, -0.2) is 4.99 Å². The van der Waals surface area contributed by atoms with Crippen LogP contribution in [0.1, 0.15) is 11.1 Å². The lowest BCUT2D eigenvalue weighted by Crippen LogP contribution is -2.32. The molecule has 2 aromatic carbocycles. The molecule has 0 atom stereocenters. The highest BCUT2D eigenvalue weighted by Crippen LogP contribution is 2.35. The molecule has 0 N–H and O–H groups in total. The summed E-state index contributed by atoms with van der Waals surface area (Å²) in [4.78, 5) is 19.5. The first kappa shape index (κ1) is 16.9. The lowest BCUT2D eigenvalue weighted by atomic mass is 10.1. The topological polar surface area (TPSA) is 32.7 Å². The van der Waals surface area contributed by atoms with Gasteiger partial charge in [0.25, 0.3) is 5.91 Å².